The molecule has 1 aliphatic heterocycles. The lowest BCUT2D eigenvalue weighted by Crippen LogP contribution is -2.37. The maximum Gasteiger partial charge on any atom is 0.416 e. The van der Waals surface area contributed by atoms with E-state index in [1.165, 1.54) is 11.4 Å². The monoisotopic (exact) mass is 587 g/mol. The molecule has 2 aromatic carbocycles. The summed E-state index contributed by atoms with van der Waals surface area (Å²) in [6.45, 7) is 8.47. The first-order valence-electron chi connectivity index (χ1n) is 11.5. The molecule has 2 N–H and O–H groups in total. The molecular formula is C25H25ClF3N3O4S2. The molecule has 1 saturated heterocycles. The molecule has 2 heterocycles. The minimum atomic E-state index is -4.67. The van der Waals surface area contributed by atoms with E-state index in [4.69, 9.17) is 16.3 Å². The Morgan fingerprint density at radius 1 is 1.08 bits per heavy atom. The number of alkyl halides is 3. The van der Waals surface area contributed by atoms with Gasteiger partial charge in [0, 0.05) is 24.5 Å². The summed E-state index contributed by atoms with van der Waals surface area (Å²) in [6, 6.07) is 5.36. The Hall–Kier alpha value is -2.80. The number of hydrogen-bond acceptors (Lipinski definition) is 6. The fourth-order valence-electron chi connectivity index (χ4n) is 4.47. The van der Waals surface area contributed by atoms with Gasteiger partial charge in [0.2, 0.25) is 0 Å². The Morgan fingerprint density at radius 2 is 1.76 bits per heavy atom. The summed E-state index contributed by atoms with van der Waals surface area (Å²) in [6.07, 6.45) is -4.67. The number of anilines is 3. The summed E-state index contributed by atoms with van der Waals surface area (Å²) < 4.78 is 72.5. The van der Waals surface area contributed by atoms with E-state index in [1.54, 1.807) is 0 Å². The maximum atomic E-state index is 13.3. The van der Waals surface area contributed by atoms with Gasteiger partial charge in [-0.3, -0.25) is 9.52 Å². The summed E-state index contributed by atoms with van der Waals surface area (Å²) in [4.78, 5) is 15.1. The third-order valence-corrected chi connectivity index (χ3v) is 8.92. The Kier molecular flexibility index (Phi) is 7.99. The van der Waals surface area contributed by atoms with Crippen LogP contribution < -0.4 is 14.9 Å². The molecule has 0 unspecified atom stereocenters. The van der Waals surface area contributed by atoms with Crippen LogP contribution in [-0.4, -0.2) is 40.6 Å². The summed E-state index contributed by atoms with van der Waals surface area (Å²) in [5.41, 5.74) is 3.34. The molecule has 0 saturated carbocycles. The van der Waals surface area contributed by atoms with Crippen LogP contribution in [0.5, 0.6) is 0 Å². The molecule has 0 spiro atoms. The number of amides is 1. The molecule has 1 aliphatic rings. The van der Waals surface area contributed by atoms with Crippen molar-refractivity contribution >= 4 is 55.9 Å². The molecule has 3 aromatic rings. The second-order valence-corrected chi connectivity index (χ2v) is 11.8. The van der Waals surface area contributed by atoms with Crippen LogP contribution in [0.3, 0.4) is 0 Å². The Labute approximate surface area is 227 Å². The maximum absolute atomic E-state index is 13.3. The van der Waals surface area contributed by atoms with E-state index in [9.17, 15) is 26.4 Å². The number of benzene rings is 2. The van der Waals surface area contributed by atoms with Crippen LogP contribution in [0, 0.1) is 20.8 Å². The summed E-state index contributed by atoms with van der Waals surface area (Å²) >= 11 is 6.91. The molecule has 0 aliphatic carbocycles. The van der Waals surface area contributed by atoms with Gasteiger partial charge in [0.05, 0.1) is 29.5 Å². The van der Waals surface area contributed by atoms with Crippen molar-refractivity contribution in [2.24, 2.45) is 0 Å². The first kappa shape index (κ1) is 28.2. The molecule has 0 atom stereocenters. The zero-order valence-electron chi connectivity index (χ0n) is 20.7. The average molecular weight is 588 g/mol. The molecule has 13 heteroatoms. The van der Waals surface area contributed by atoms with Crippen molar-refractivity contribution in [3.05, 3.63) is 67.9 Å². The van der Waals surface area contributed by atoms with Gasteiger partial charge in [-0.2, -0.15) is 13.2 Å². The molecule has 38 heavy (non-hydrogen) atoms. The number of hydrogen-bond donors (Lipinski definition) is 2. The van der Waals surface area contributed by atoms with Crippen molar-refractivity contribution < 1.29 is 31.1 Å². The number of ether oxygens (including phenoxy) is 1. The standard InChI is InChI=1S/C25H25ClF3N3O4S2/c1-14-12-15(2)22(32-7-9-36-10-8-32)16(3)21(14)30-24(33)23-19(6-11-37-23)31-38(34,35)20-5-4-17(13-18(20)26)25(27,28)29/h4-6,11-13,31H,7-10H2,1-3H3,(H,30,33). The molecule has 204 valence electrons. The van der Waals surface area contributed by atoms with Crippen molar-refractivity contribution in [3.8, 4) is 0 Å². The van der Waals surface area contributed by atoms with Gasteiger partial charge in [-0.05, 0) is 67.1 Å². The lowest BCUT2D eigenvalue weighted by molar-refractivity contribution is -0.137. The third kappa shape index (κ3) is 5.78. The van der Waals surface area contributed by atoms with Crippen molar-refractivity contribution in [2.45, 2.75) is 31.8 Å². The Morgan fingerprint density at radius 3 is 2.39 bits per heavy atom. The highest BCUT2D eigenvalue weighted by molar-refractivity contribution is 7.92. The van der Waals surface area contributed by atoms with Crippen molar-refractivity contribution in [1.29, 1.82) is 0 Å². The van der Waals surface area contributed by atoms with Gasteiger partial charge in [0.25, 0.3) is 15.9 Å². The summed E-state index contributed by atoms with van der Waals surface area (Å²) in [5, 5.41) is 3.87. The lowest BCUT2D eigenvalue weighted by Gasteiger charge is -2.32. The van der Waals surface area contributed by atoms with Crippen molar-refractivity contribution in [1.82, 2.24) is 0 Å². The number of rotatable bonds is 6. The van der Waals surface area contributed by atoms with E-state index < -0.39 is 37.6 Å². The zero-order chi connectivity index (χ0) is 27.8. The first-order chi connectivity index (χ1) is 17.8. The summed E-state index contributed by atoms with van der Waals surface area (Å²) in [7, 11) is -4.39. The van der Waals surface area contributed by atoms with Crippen molar-refractivity contribution in [3.63, 3.8) is 0 Å². The van der Waals surface area contributed by atoms with E-state index in [1.807, 2.05) is 26.8 Å². The van der Waals surface area contributed by atoms with Gasteiger partial charge in [0.1, 0.15) is 9.77 Å². The normalized spacial score (nSPS) is 14.4. The zero-order valence-corrected chi connectivity index (χ0v) is 23.1. The number of nitrogens with one attached hydrogen (secondary N) is 2. The number of thiophene rings is 1. The van der Waals surface area contributed by atoms with Crippen LogP contribution in [0.1, 0.15) is 31.9 Å². The molecule has 1 fully saturated rings. The highest BCUT2D eigenvalue weighted by Crippen LogP contribution is 2.37. The number of nitrogens with zero attached hydrogens (tertiary/aromatic N) is 1. The predicted molar refractivity (Wildman–Crippen MR) is 143 cm³/mol. The number of carbonyl (C=O) groups is 1. The number of halogens is 4. The third-order valence-electron chi connectivity index (χ3n) is 6.16. The number of sulfonamides is 1. The minimum absolute atomic E-state index is 0.0146. The molecule has 1 aromatic heterocycles. The number of carbonyl (C=O) groups excluding carboxylic acids is 1. The van der Waals surface area contributed by atoms with Crippen molar-refractivity contribution in [2.75, 3.05) is 41.2 Å². The molecule has 1 amide bonds. The first-order valence-corrected chi connectivity index (χ1v) is 14.3. The summed E-state index contributed by atoms with van der Waals surface area (Å²) in [5.74, 6) is -0.529. The quantitative estimate of drug-likeness (QED) is 0.357. The van der Waals surface area contributed by atoms with Gasteiger partial charge in [-0.25, -0.2) is 8.42 Å². The van der Waals surface area contributed by atoms with E-state index in [0.29, 0.717) is 31.0 Å². The molecular weight excluding hydrogens is 563 g/mol. The minimum Gasteiger partial charge on any atom is -0.378 e. The largest absolute Gasteiger partial charge is 0.416 e. The van der Waals surface area contributed by atoms with E-state index >= 15 is 0 Å². The molecule has 4 rings (SSSR count). The van der Waals surface area contributed by atoms with Gasteiger partial charge < -0.3 is 15.0 Å². The van der Waals surface area contributed by atoms with E-state index in [2.05, 4.69) is 14.9 Å². The smallest absolute Gasteiger partial charge is 0.378 e. The van der Waals surface area contributed by atoms with Crippen LogP contribution in [-0.2, 0) is 20.9 Å². The SMILES string of the molecule is Cc1cc(C)c(N2CCOCC2)c(C)c1NC(=O)c1sccc1NS(=O)(=O)c1ccc(C(F)(F)F)cc1Cl. The van der Waals surface area contributed by atoms with Gasteiger partial charge in [-0.15, -0.1) is 11.3 Å². The van der Waals surface area contributed by atoms with Gasteiger partial charge >= 0.3 is 6.18 Å². The highest BCUT2D eigenvalue weighted by Gasteiger charge is 2.32. The lowest BCUT2D eigenvalue weighted by atomic mass is 10.0. The van der Waals surface area contributed by atoms with Crippen LogP contribution in [0.15, 0.2) is 40.6 Å². The Balaban J connectivity index is 1.60. The molecule has 0 bridgehead atoms. The van der Waals surface area contributed by atoms with Crippen LogP contribution in [0.25, 0.3) is 0 Å². The highest BCUT2D eigenvalue weighted by atomic mass is 35.5. The number of aryl methyl sites for hydroxylation is 2. The second-order valence-electron chi connectivity index (χ2n) is 8.82. The van der Waals surface area contributed by atoms with Gasteiger partial charge in [-0.1, -0.05) is 17.7 Å². The number of morpholine rings is 1. The second kappa shape index (κ2) is 10.8. The fourth-order valence-corrected chi connectivity index (χ4v) is 6.90. The van der Waals surface area contributed by atoms with E-state index in [-0.39, 0.29) is 10.6 Å². The van der Waals surface area contributed by atoms with Gasteiger partial charge in [0.15, 0.2) is 0 Å². The molecule has 0 radical (unpaired) electrons. The predicted octanol–water partition coefficient (Wildman–Crippen LogP) is 6.24. The average Bonchev–Trinajstić information content (AvgIpc) is 3.29. The molecule has 7 nitrogen and oxygen atoms in total. The fraction of sp³-hybridized carbons (Fsp3) is 0.320. The van der Waals surface area contributed by atoms with Crippen LogP contribution >= 0.6 is 22.9 Å². The topological polar surface area (TPSA) is 87.7 Å². The van der Waals surface area contributed by atoms with Crippen LogP contribution in [0.2, 0.25) is 5.02 Å². The van der Waals surface area contributed by atoms with E-state index in [0.717, 1.165) is 52.9 Å². The Bertz CT molecular complexity index is 1480. The van der Waals surface area contributed by atoms with Crippen LogP contribution in [0.4, 0.5) is 30.2 Å².